The Kier molecular flexibility index (Phi) is 4.21. The van der Waals surface area contributed by atoms with Crippen LogP contribution in [-0.4, -0.2) is 33.0 Å². The largest absolute Gasteiger partial charge is 0.316 e. The van der Waals surface area contributed by atoms with Gasteiger partial charge < -0.3 is 10.3 Å². The van der Waals surface area contributed by atoms with E-state index in [4.69, 9.17) is 0 Å². The second-order valence-electron chi connectivity index (χ2n) is 4.47. The summed E-state index contributed by atoms with van der Waals surface area (Å²) in [5.74, 6) is 0.541. The minimum atomic E-state index is -3.54. The summed E-state index contributed by atoms with van der Waals surface area (Å²) in [6.45, 7) is 3.97. The normalized spacial score (nSPS) is 20.4. The van der Waals surface area contributed by atoms with Crippen LogP contribution in [0.1, 0.15) is 18.5 Å². The standard InChI is InChI=1S/C10H17N3O3S2/c1-7-9(17-10(14)13-7)18(15,16)12-5-3-8-2-4-11-6-8/h8,11-12H,2-6H2,1H3,(H,13,14). The Morgan fingerprint density at radius 1 is 1.50 bits per heavy atom. The van der Waals surface area contributed by atoms with Gasteiger partial charge in [0.05, 0.1) is 0 Å². The molecule has 0 spiro atoms. The van der Waals surface area contributed by atoms with Crippen molar-refractivity contribution in [3.8, 4) is 0 Å². The van der Waals surface area contributed by atoms with E-state index in [2.05, 4.69) is 15.0 Å². The summed E-state index contributed by atoms with van der Waals surface area (Å²) in [4.78, 5) is 13.2. The monoisotopic (exact) mass is 291 g/mol. The van der Waals surface area contributed by atoms with Crippen LogP contribution in [0.25, 0.3) is 0 Å². The molecular weight excluding hydrogens is 274 g/mol. The molecule has 1 saturated heterocycles. The van der Waals surface area contributed by atoms with Gasteiger partial charge in [-0.05, 0) is 38.8 Å². The van der Waals surface area contributed by atoms with Gasteiger partial charge in [-0.25, -0.2) is 13.1 Å². The van der Waals surface area contributed by atoms with Gasteiger partial charge in [-0.1, -0.05) is 11.3 Å². The number of hydrogen-bond donors (Lipinski definition) is 3. The third kappa shape index (κ3) is 3.19. The summed E-state index contributed by atoms with van der Waals surface area (Å²) in [5.41, 5.74) is 0.403. The summed E-state index contributed by atoms with van der Waals surface area (Å²) < 4.78 is 26.6. The predicted molar refractivity (Wildman–Crippen MR) is 70.5 cm³/mol. The molecule has 102 valence electrons. The van der Waals surface area contributed by atoms with E-state index in [0.29, 0.717) is 18.2 Å². The van der Waals surface area contributed by atoms with Crippen LogP contribution >= 0.6 is 11.3 Å². The second-order valence-corrected chi connectivity index (χ2v) is 7.42. The molecule has 0 bridgehead atoms. The number of aromatic amines is 1. The fourth-order valence-corrected chi connectivity index (χ4v) is 4.46. The van der Waals surface area contributed by atoms with E-state index >= 15 is 0 Å². The third-order valence-corrected chi connectivity index (χ3v) is 6.10. The van der Waals surface area contributed by atoms with E-state index in [1.54, 1.807) is 6.92 Å². The molecule has 1 fully saturated rings. The Morgan fingerprint density at radius 3 is 2.83 bits per heavy atom. The molecule has 3 N–H and O–H groups in total. The van der Waals surface area contributed by atoms with Crippen molar-refractivity contribution in [1.82, 2.24) is 15.0 Å². The Morgan fingerprint density at radius 2 is 2.28 bits per heavy atom. The van der Waals surface area contributed by atoms with Gasteiger partial charge in [0.25, 0.3) is 10.0 Å². The number of H-pyrrole nitrogens is 1. The molecule has 6 nitrogen and oxygen atoms in total. The highest BCUT2D eigenvalue weighted by molar-refractivity contribution is 7.91. The van der Waals surface area contributed by atoms with Crippen LogP contribution in [0.15, 0.2) is 9.00 Å². The second kappa shape index (κ2) is 5.52. The molecule has 0 aromatic carbocycles. The maximum Gasteiger partial charge on any atom is 0.305 e. The molecule has 18 heavy (non-hydrogen) atoms. The van der Waals surface area contributed by atoms with Crippen LogP contribution in [0.3, 0.4) is 0 Å². The van der Waals surface area contributed by atoms with E-state index < -0.39 is 10.0 Å². The summed E-state index contributed by atoms with van der Waals surface area (Å²) >= 11 is 0.730. The molecule has 1 aliphatic rings. The first-order chi connectivity index (χ1) is 8.49. The SMILES string of the molecule is Cc1[nH]c(=O)sc1S(=O)(=O)NCCC1CCNC1. The van der Waals surface area contributed by atoms with E-state index in [9.17, 15) is 13.2 Å². The van der Waals surface area contributed by atoms with E-state index in [1.807, 2.05) is 0 Å². The van der Waals surface area contributed by atoms with Gasteiger partial charge >= 0.3 is 4.87 Å². The summed E-state index contributed by atoms with van der Waals surface area (Å²) in [6.07, 6.45) is 1.92. The fourth-order valence-electron chi connectivity index (χ4n) is 2.07. The van der Waals surface area contributed by atoms with Crippen molar-refractivity contribution in [2.45, 2.75) is 24.0 Å². The molecule has 1 aliphatic heterocycles. The number of rotatable bonds is 5. The fraction of sp³-hybridized carbons (Fsp3) is 0.700. The van der Waals surface area contributed by atoms with Gasteiger partial charge in [-0.15, -0.1) is 0 Å². The van der Waals surface area contributed by atoms with Crippen LogP contribution in [0.4, 0.5) is 0 Å². The van der Waals surface area contributed by atoms with Gasteiger partial charge in [0, 0.05) is 12.2 Å². The molecule has 2 rings (SSSR count). The first kappa shape index (κ1) is 13.7. The van der Waals surface area contributed by atoms with Crippen molar-refractivity contribution in [1.29, 1.82) is 0 Å². The van der Waals surface area contributed by atoms with E-state index in [-0.39, 0.29) is 9.08 Å². The first-order valence-corrected chi connectivity index (χ1v) is 8.19. The molecule has 1 unspecified atom stereocenters. The number of aryl methyl sites for hydroxylation is 1. The molecule has 1 atom stereocenters. The lowest BCUT2D eigenvalue weighted by atomic mass is 10.1. The van der Waals surface area contributed by atoms with Gasteiger partial charge in [-0.3, -0.25) is 4.79 Å². The van der Waals surface area contributed by atoms with Crippen LogP contribution in [-0.2, 0) is 10.0 Å². The van der Waals surface area contributed by atoms with E-state index in [0.717, 1.165) is 37.3 Å². The van der Waals surface area contributed by atoms with Crippen molar-refractivity contribution < 1.29 is 8.42 Å². The van der Waals surface area contributed by atoms with Crippen LogP contribution < -0.4 is 14.9 Å². The lowest BCUT2D eigenvalue weighted by Crippen LogP contribution is -2.26. The van der Waals surface area contributed by atoms with Gasteiger partial charge in [0.2, 0.25) is 0 Å². The van der Waals surface area contributed by atoms with Crippen LogP contribution in [0.5, 0.6) is 0 Å². The number of aromatic nitrogens is 1. The zero-order chi connectivity index (χ0) is 13.2. The Labute approximate surface area is 110 Å². The molecule has 1 aromatic rings. The quantitative estimate of drug-likeness (QED) is 0.713. The molecule has 1 aromatic heterocycles. The van der Waals surface area contributed by atoms with Crippen LogP contribution in [0, 0.1) is 12.8 Å². The Bertz CT molecular complexity index is 555. The minimum absolute atomic E-state index is 0.0945. The average molecular weight is 291 g/mol. The zero-order valence-corrected chi connectivity index (χ0v) is 11.8. The maximum absolute atomic E-state index is 12.0. The smallest absolute Gasteiger partial charge is 0.305 e. The lowest BCUT2D eigenvalue weighted by molar-refractivity contribution is 0.519. The molecule has 0 aliphatic carbocycles. The lowest BCUT2D eigenvalue weighted by Gasteiger charge is -2.09. The summed E-state index contributed by atoms with van der Waals surface area (Å²) in [7, 11) is -3.54. The number of thiazole rings is 1. The Hall–Kier alpha value is -0.700. The van der Waals surface area contributed by atoms with Crippen molar-refractivity contribution in [2.24, 2.45) is 5.92 Å². The molecule has 0 amide bonds. The average Bonchev–Trinajstić information content (AvgIpc) is 2.88. The summed E-state index contributed by atoms with van der Waals surface area (Å²) in [6, 6.07) is 0. The topological polar surface area (TPSA) is 91.1 Å². The van der Waals surface area contributed by atoms with Crippen molar-refractivity contribution in [3.05, 3.63) is 15.4 Å². The molecule has 0 saturated carbocycles. The Balaban J connectivity index is 1.95. The number of sulfonamides is 1. The predicted octanol–water partition coefficient (Wildman–Crippen LogP) is 0.0227. The third-order valence-electron chi connectivity index (χ3n) is 3.03. The minimum Gasteiger partial charge on any atom is -0.316 e. The number of nitrogens with one attached hydrogen (secondary N) is 3. The highest BCUT2D eigenvalue weighted by Gasteiger charge is 2.21. The highest BCUT2D eigenvalue weighted by Crippen LogP contribution is 2.16. The van der Waals surface area contributed by atoms with Crippen molar-refractivity contribution in [2.75, 3.05) is 19.6 Å². The van der Waals surface area contributed by atoms with Gasteiger partial charge in [0.15, 0.2) is 4.21 Å². The first-order valence-electron chi connectivity index (χ1n) is 5.89. The van der Waals surface area contributed by atoms with Crippen molar-refractivity contribution in [3.63, 3.8) is 0 Å². The molecule has 0 radical (unpaired) electrons. The van der Waals surface area contributed by atoms with E-state index in [1.165, 1.54) is 0 Å². The van der Waals surface area contributed by atoms with Crippen LogP contribution in [0.2, 0.25) is 0 Å². The highest BCUT2D eigenvalue weighted by atomic mass is 32.2. The van der Waals surface area contributed by atoms with Gasteiger partial charge in [0.1, 0.15) is 0 Å². The zero-order valence-electron chi connectivity index (χ0n) is 10.2. The summed E-state index contributed by atoms with van der Waals surface area (Å²) in [5, 5.41) is 3.24. The van der Waals surface area contributed by atoms with Crippen molar-refractivity contribution >= 4 is 21.4 Å². The number of hydrogen-bond acceptors (Lipinski definition) is 5. The molecule has 2 heterocycles. The van der Waals surface area contributed by atoms with Gasteiger partial charge in [-0.2, -0.15) is 0 Å². The molecular formula is C10H17N3O3S2. The molecule has 8 heteroatoms. The maximum atomic E-state index is 12.0.